The highest BCUT2D eigenvalue weighted by molar-refractivity contribution is 5.94. The molecular weight excluding hydrogens is 297 g/mol. The SMILES string of the molecule is COc1cc(C)c(CCNC(=O)c2cccc(F)c2)cc1OC. The van der Waals surface area contributed by atoms with Gasteiger partial charge in [-0.05, 0) is 54.8 Å². The smallest absolute Gasteiger partial charge is 0.251 e. The fourth-order valence-electron chi connectivity index (χ4n) is 2.33. The van der Waals surface area contributed by atoms with Crippen LogP contribution in [0, 0.1) is 12.7 Å². The van der Waals surface area contributed by atoms with Crippen LogP contribution in [0.15, 0.2) is 36.4 Å². The van der Waals surface area contributed by atoms with Crippen LogP contribution in [-0.4, -0.2) is 26.7 Å². The average molecular weight is 317 g/mol. The Morgan fingerprint density at radius 3 is 2.48 bits per heavy atom. The lowest BCUT2D eigenvalue weighted by atomic mass is 10.0. The van der Waals surface area contributed by atoms with Gasteiger partial charge in [0.05, 0.1) is 14.2 Å². The van der Waals surface area contributed by atoms with Crippen molar-refractivity contribution in [3.05, 3.63) is 58.9 Å². The summed E-state index contributed by atoms with van der Waals surface area (Å²) in [6.07, 6.45) is 0.646. The number of benzene rings is 2. The van der Waals surface area contributed by atoms with Crippen LogP contribution in [-0.2, 0) is 6.42 Å². The number of aryl methyl sites for hydroxylation is 1. The molecule has 0 aliphatic carbocycles. The first-order valence-electron chi connectivity index (χ1n) is 7.30. The molecule has 0 fully saturated rings. The highest BCUT2D eigenvalue weighted by Gasteiger charge is 2.10. The molecule has 2 aromatic rings. The summed E-state index contributed by atoms with van der Waals surface area (Å²) in [5.74, 6) is 0.623. The second-order valence-corrected chi connectivity index (χ2v) is 5.15. The first-order valence-corrected chi connectivity index (χ1v) is 7.30. The van der Waals surface area contributed by atoms with E-state index >= 15 is 0 Å². The van der Waals surface area contributed by atoms with Gasteiger partial charge in [0.25, 0.3) is 5.91 Å². The Kier molecular flexibility index (Phi) is 5.57. The maximum absolute atomic E-state index is 13.1. The Bertz CT molecular complexity index is 701. The lowest BCUT2D eigenvalue weighted by Crippen LogP contribution is -2.25. The number of rotatable bonds is 6. The highest BCUT2D eigenvalue weighted by atomic mass is 19.1. The fraction of sp³-hybridized carbons (Fsp3) is 0.278. The number of carbonyl (C=O) groups is 1. The number of hydrogen-bond acceptors (Lipinski definition) is 3. The van der Waals surface area contributed by atoms with E-state index in [1.807, 2.05) is 19.1 Å². The maximum atomic E-state index is 13.1. The van der Waals surface area contributed by atoms with Crippen molar-refractivity contribution in [1.82, 2.24) is 5.32 Å². The van der Waals surface area contributed by atoms with Gasteiger partial charge in [-0.3, -0.25) is 4.79 Å². The van der Waals surface area contributed by atoms with Crippen molar-refractivity contribution in [2.45, 2.75) is 13.3 Å². The van der Waals surface area contributed by atoms with Gasteiger partial charge in [-0.2, -0.15) is 0 Å². The van der Waals surface area contributed by atoms with Crippen LogP contribution in [0.4, 0.5) is 4.39 Å². The Morgan fingerprint density at radius 1 is 1.13 bits per heavy atom. The summed E-state index contributed by atoms with van der Waals surface area (Å²) in [4.78, 5) is 12.0. The van der Waals surface area contributed by atoms with Gasteiger partial charge in [0.2, 0.25) is 0 Å². The lowest BCUT2D eigenvalue weighted by Gasteiger charge is -2.13. The van der Waals surface area contributed by atoms with Gasteiger partial charge in [-0.25, -0.2) is 4.39 Å². The zero-order valence-electron chi connectivity index (χ0n) is 13.5. The minimum Gasteiger partial charge on any atom is -0.493 e. The Morgan fingerprint density at radius 2 is 1.83 bits per heavy atom. The molecule has 1 N–H and O–H groups in total. The second-order valence-electron chi connectivity index (χ2n) is 5.15. The number of amides is 1. The van der Waals surface area contributed by atoms with E-state index in [9.17, 15) is 9.18 Å². The molecule has 5 heteroatoms. The summed E-state index contributed by atoms with van der Waals surface area (Å²) < 4.78 is 23.7. The van der Waals surface area contributed by atoms with Crippen molar-refractivity contribution < 1.29 is 18.7 Å². The summed E-state index contributed by atoms with van der Waals surface area (Å²) in [6.45, 7) is 2.43. The largest absolute Gasteiger partial charge is 0.493 e. The van der Waals surface area contributed by atoms with E-state index in [2.05, 4.69) is 5.32 Å². The van der Waals surface area contributed by atoms with Crippen LogP contribution < -0.4 is 14.8 Å². The van der Waals surface area contributed by atoms with Crippen LogP contribution >= 0.6 is 0 Å². The van der Waals surface area contributed by atoms with Gasteiger partial charge in [0.1, 0.15) is 5.82 Å². The zero-order chi connectivity index (χ0) is 16.8. The molecule has 0 heterocycles. The zero-order valence-corrected chi connectivity index (χ0v) is 13.5. The van der Waals surface area contributed by atoms with Crippen LogP contribution in [0.2, 0.25) is 0 Å². The number of methoxy groups -OCH3 is 2. The highest BCUT2D eigenvalue weighted by Crippen LogP contribution is 2.30. The lowest BCUT2D eigenvalue weighted by molar-refractivity contribution is 0.0953. The molecule has 4 nitrogen and oxygen atoms in total. The average Bonchev–Trinajstić information content (AvgIpc) is 2.55. The van der Waals surface area contributed by atoms with Crippen molar-refractivity contribution >= 4 is 5.91 Å². The van der Waals surface area contributed by atoms with E-state index in [1.165, 1.54) is 18.2 Å². The van der Waals surface area contributed by atoms with E-state index in [4.69, 9.17) is 9.47 Å². The third-order valence-corrected chi connectivity index (χ3v) is 3.61. The normalized spacial score (nSPS) is 10.3. The first-order chi connectivity index (χ1) is 11.0. The Balaban J connectivity index is 2.00. The van der Waals surface area contributed by atoms with Gasteiger partial charge in [-0.15, -0.1) is 0 Å². The molecule has 23 heavy (non-hydrogen) atoms. The van der Waals surface area contributed by atoms with Gasteiger partial charge < -0.3 is 14.8 Å². The molecule has 0 aliphatic heterocycles. The minimum absolute atomic E-state index is 0.289. The van der Waals surface area contributed by atoms with E-state index in [0.29, 0.717) is 30.0 Å². The van der Waals surface area contributed by atoms with Crippen LogP contribution in [0.3, 0.4) is 0 Å². The van der Waals surface area contributed by atoms with Crippen LogP contribution in [0.25, 0.3) is 0 Å². The molecule has 0 aromatic heterocycles. The van der Waals surface area contributed by atoms with Crippen molar-refractivity contribution in [3.8, 4) is 11.5 Å². The van der Waals surface area contributed by atoms with E-state index in [-0.39, 0.29) is 5.91 Å². The van der Waals surface area contributed by atoms with E-state index in [0.717, 1.165) is 11.1 Å². The third-order valence-electron chi connectivity index (χ3n) is 3.61. The van der Waals surface area contributed by atoms with Crippen molar-refractivity contribution in [1.29, 1.82) is 0 Å². The van der Waals surface area contributed by atoms with Crippen molar-refractivity contribution in [2.24, 2.45) is 0 Å². The molecular formula is C18H20FNO3. The Hall–Kier alpha value is -2.56. The van der Waals surface area contributed by atoms with E-state index in [1.54, 1.807) is 20.3 Å². The molecule has 0 aliphatic rings. The standard InChI is InChI=1S/C18H20FNO3/c1-12-9-16(22-2)17(23-3)11-13(12)7-8-20-18(21)14-5-4-6-15(19)10-14/h4-6,9-11H,7-8H2,1-3H3,(H,20,21). The molecule has 1 amide bonds. The monoisotopic (exact) mass is 317 g/mol. The first kappa shape index (κ1) is 16.8. The number of hydrogen-bond donors (Lipinski definition) is 1. The topological polar surface area (TPSA) is 47.6 Å². The molecule has 122 valence electrons. The second kappa shape index (κ2) is 7.63. The fourth-order valence-corrected chi connectivity index (χ4v) is 2.33. The van der Waals surface area contributed by atoms with Crippen molar-refractivity contribution in [2.75, 3.05) is 20.8 Å². The van der Waals surface area contributed by atoms with Gasteiger partial charge in [0.15, 0.2) is 11.5 Å². The molecule has 0 saturated carbocycles. The molecule has 0 atom stereocenters. The van der Waals surface area contributed by atoms with E-state index < -0.39 is 5.82 Å². The molecule has 0 bridgehead atoms. The summed E-state index contributed by atoms with van der Waals surface area (Å²) >= 11 is 0. The minimum atomic E-state index is -0.423. The molecule has 2 aromatic carbocycles. The van der Waals surface area contributed by atoms with Crippen molar-refractivity contribution in [3.63, 3.8) is 0 Å². The summed E-state index contributed by atoms with van der Waals surface area (Å²) in [5, 5.41) is 2.79. The predicted octanol–water partition coefficient (Wildman–Crippen LogP) is 3.12. The maximum Gasteiger partial charge on any atom is 0.251 e. The molecule has 0 saturated heterocycles. The predicted molar refractivity (Wildman–Crippen MR) is 86.7 cm³/mol. The summed E-state index contributed by atoms with van der Waals surface area (Å²) in [7, 11) is 3.18. The van der Waals surface area contributed by atoms with Gasteiger partial charge in [0, 0.05) is 12.1 Å². The molecule has 0 radical (unpaired) electrons. The quantitative estimate of drug-likeness (QED) is 0.890. The van der Waals surface area contributed by atoms with Gasteiger partial charge >= 0.3 is 0 Å². The number of ether oxygens (including phenoxy) is 2. The Labute approximate surface area is 135 Å². The summed E-state index contributed by atoms with van der Waals surface area (Å²) in [5.41, 5.74) is 2.43. The van der Waals surface area contributed by atoms with Crippen LogP contribution in [0.1, 0.15) is 21.5 Å². The number of halogens is 1. The number of carbonyl (C=O) groups excluding carboxylic acids is 1. The van der Waals surface area contributed by atoms with Crippen LogP contribution in [0.5, 0.6) is 11.5 Å². The number of nitrogens with one attached hydrogen (secondary N) is 1. The molecule has 2 rings (SSSR count). The molecule has 0 unspecified atom stereocenters. The third kappa shape index (κ3) is 4.22. The summed E-state index contributed by atoms with van der Waals surface area (Å²) in [6, 6.07) is 9.44. The molecule has 0 spiro atoms. The van der Waals surface area contributed by atoms with Gasteiger partial charge in [-0.1, -0.05) is 6.07 Å².